The van der Waals surface area contributed by atoms with Gasteiger partial charge in [-0.3, -0.25) is 0 Å². The minimum absolute atomic E-state index is 0.0601. The van der Waals surface area contributed by atoms with Crippen molar-refractivity contribution < 1.29 is 0 Å². The van der Waals surface area contributed by atoms with Crippen LogP contribution < -0.4 is 5.32 Å². The Labute approximate surface area is 56.9 Å². The van der Waals surface area contributed by atoms with E-state index in [2.05, 4.69) is 18.3 Å². The Morgan fingerprint density at radius 1 is 1.67 bits per heavy atom. The van der Waals surface area contributed by atoms with Crippen molar-refractivity contribution in [3.05, 3.63) is 0 Å². The van der Waals surface area contributed by atoms with Crippen LogP contribution in [-0.4, -0.2) is 13.1 Å². The van der Waals surface area contributed by atoms with Crippen LogP contribution in [0.2, 0.25) is 0 Å². The second-order valence-electron chi connectivity index (χ2n) is 2.11. The lowest BCUT2D eigenvalue weighted by atomic mass is 10.1. The van der Waals surface area contributed by atoms with Gasteiger partial charge in [0.05, 0.1) is 12.1 Å². The standard InChI is InChI=1S/C7H14N2/c1-3-4-5-7(6-8)9-2/h7,9H,3-5H2,1-2H3. The van der Waals surface area contributed by atoms with Crippen LogP contribution in [0.25, 0.3) is 0 Å². The first-order valence-corrected chi connectivity index (χ1v) is 3.42. The molecule has 0 aromatic carbocycles. The van der Waals surface area contributed by atoms with Crippen molar-refractivity contribution in [2.75, 3.05) is 7.05 Å². The zero-order chi connectivity index (χ0) is 7.11. The first-order chi connectivity index (χ1) is 4.35. The first-order valence-electron chi connectivity index (χ1n) is 3.42. The number of nitriles is 1. The average molecular weight is 126 g/mol. The van der Waals surface area contributed by atoms with Crippen molar-refractivity contribution in [3.63, 3.8) is 0 Å². The van der Waals surface area contributed by atoms with Crippen LogP contribution in [0.15, 0.2) is 0 Å². The maximum absolute atomic E-state index is 8.44. The molecule has 0 aliphatic carbocycles. The van der Waals surface area contributed by atoms with Crippen LogP contribution in [0.3, 0.4) is 0 Å². The van der Waals surface area contributed by atoms with E-state index in [9.17, 15) is 0 Å². The highest BCUT2D eigenvalue weighted by atomic mass is 14.9. The summed E-state index contributed by atoms with van der Waals surface area (Å²) in [6, 6.07) is 2.24. The summed E-state index contributed by atoms with van der Waals surface area (Å²) in [5, 5.41) is 11.4. The summed E-state index contributed by atoms with van der Waals surface area (Å²) in [5.74, 6) is 0. The molecule has 2 heteroatoms. The van der Waals surface area contributed by atoms with Gasteiger partial charge in [-0.2, -0.15) is 5.26 Å². The number of hydrogen-bond donors (Lipinski definition) is 1. The normalized spacial score (nSPS) is 12.6. The SMILES string of the molecule is CCCCC(C#N)NC. The molecule has 0 amide bonds. The Morgan fingerprint density at radius 2 is 2.33 bits per heavy atom. The molecule has 0 rings (SSSR count). The van der Waals surface area contributed by atoms with Gasteiger partial charge in [0.2, 0.25) is 0 Å². The van der Waals surface area contributed by atoms with E-state index in [4.69, 9.17) is 5.26 Å². The van der Waals surface area contributed by atoms with E-state index in [0.717, 1.165) is 12.8 Å². The van der Waals surface area contributed by atoms with Gasteiger partial charge >= 0.3 is 0 Å². The Hall–Kier alpha value is -0.550. The predicted octanol–water partition coefficient (Wildman–Crippen LogP) is 1.29. The Bertz CT molecular complexity index is 93.6. The molecule has 1 atom stereocenters. The van der Waals surface area contributed by atoms with Gasteiger partial charge < -0.3 is 5.32 Å². The Kier molecular flexibility index (Phi) is 5.24. The Balaban J connectivity index is 3.23. The highest BCUT2D eigenvalue weighted by molar-refractivity contribution is 4.87. The fraction of sp³-hybridized carbons (Fsp3) is 0.857. The van der Waals surface area contributed by atoms with Crippen molar-refractivity contribution in [3.8, 4) is 6.07 Å². The monoisotopic (exact) mass is 126 g/mol. The van der Waals surface area contributed by atoms with Crippen LogP contribution in [-0.2, 0) is 0 Å². The van der Waals surface area contributed by atoms with Gasteiger partial charge in [-0.15, -0.1) is 0 Å². The molecule has 9 heavy (non-hydrogen) atoms. The summed E-state index contributed by atoms with van der Waals surface area (Å²) in [6.07, 6.45) is 3.28. The lowest BCUT2D eigenvalue weighted by Crippen LogP contribution is -2.22. The van der Waals surface area contributed by atoms with E-state index in [0.29, 0.717) is 0 Å². The number of rotatable bonds is 4. The van der Waals surface area contributed by atoms with Gasteiger partial charge in [0.25, 0.3) is 0 Å². The van der Waals surface area contributed by atoms with Gasteiger partial charge in [-0.05, 0) is 13.5 Å². The van der Waals surface area contributed by atoms with E-state index in [1.165, 1.54) is 6.42 Å². The summed E-state index contributed by atoms with van der Waals surface area (Å²) in [4.78, 5) is 0. The molecule has 0 aromatic rings. The van der Waals surface area contributed by atoms with Crippen LogP contribution in [0.5, 0.6) is 0 Å². The highest BCUT2D eigenvalue weighted by Crippen LogP contribution is 1.97. The third-order valence-electron chi connectivity index (χ3n) is 1.35. The molecule has 0 spiro atoms. The van der Waals surface area contributed by atoms with Gasteiger partial charge in [-0.25, -0.2) is 0 Å². The molecule has 0 saturated heterocycles. The van der Waals surface area contributed by atoms with Crippen molar-refractivity contribution in [2.45, 2.75) is 32.2 Å². The topological polar surface area (TPSA) is 35.8 Å². The second kappa shape index (κ2) is 5.58. The lowest BCUT2D eigenvalue weighted by Gasteiger charge is -2.03. The molecule has 0 aliphatic rings. The third-order valence-corrected chi connectivity index (χ3v) is 1.35. The van der Waals surface area contributed by atoms with Crippen molar-refractivity contribution in [2.24, 2.45) is 0 Å². The van der Waals surface area contributed by atoms with E-state index in [1.54, 1.807) is 0 Å². The molecule has 0 heterocycles. The summed E-state index contributed by atoms with van der Waals surface area (Å²) < 4.78 is 0. The van der Waals surface area contributed by atoms with Gasteiger partial charge in [0.1, 0.15) is 0 Å². The molecule has 52 valence electrons. The highest BCUT2D eigenvalue weighted by Gasteiger charge is 1.99. The van der Waals surface area contributed by atoms with E-state index >= 15 is 0 Å². The van der Waals surface area contributed by atoms with Crippen molar-refractivity contribution in [1.29, 1.82) is 5.26 Å². The maximum atomic E-state index is 8.44. The summed E-state index contributed by atoms with van der Waals surface area (Å²) in [6.45, 7) is 2.13. The Morgan fingerprint density at radius 3 is 2.67 bits per heavy atom. The van der Waals surface area contributed by atoms with Crippen LogP contribution in [0.1, 0.15) is 26.2 Å². The molecular formula is C7H14N2. The van der Waals surface area contributed by atoms with Crippen LogP contribution in [0.4, 0.5) is 0 Å². The van der Waals surface area contributed by atoms with Crippen molar-refractivity contribution >= 4 is 0 Å². The zero-order valence-corrected chi connectivity index (χ0v) is 6.15. The van der Waals surface area contributed by atoms with Crippen LogP contribution in [0, 0.1) is 11.3 Å². The molecule has 0 radical (unpaired) electrons. The largest absolute Gasteiger partial charge is 0.305 e. The minimum atomic E-state index is 0.0601. The molecule has 0 aliphatic heterocycles. The van der Waals surface area contributed by atoms with E-state index in [1.807, 2.05) is 7.05 Å². The minimum Gasteiger partial charge on any atom is -0.305 e. The summed E-state index contributed by atoms with van der Waals surface area (Å²) in [7, 11) is 1.82. The van der Waals surface area contributed by atoms with E-state index in [-0.39, 0.29) is 6.04 Å². The zero-order valence-electron chi connectivity index (χ0n) is 6.15. The fourth-order valence-electron chi connectivity index (χ4n) is 0.682. The average Bonchev–Trinajstić information content (AvgIpc) is 1.91. The van der Waals surface area contributed by atoms with Gasteiger partial charge in [0, 0.05) is 0 Å². The fourth-order valence-corrected chi connectivity index (χ4v) is 0.682. The summed E-state index contributed by atoms with van der Waals surface area (Å²) in [5.41, 5.74) is 0. The maximum Gasteiger partial charge on any atom is 0.0950 e. The molecular weight excluding hydrogens is 112 g/mol. The van der Waals surface area contributed by atoms with E-state index < -0.39 is 0 Å². The quantitative estimate of drug-likeness (QED) is 0.616. The summed E-state index contributed by atoms with van der Waals surface area (Å²) >= 11 is 0. The molecule has 0 fully saturated rings. The number of nitrogens with zero attached hydrogens (tertiary/aromatic N) is 1. The number of nitrogens with one attached hydrogen (secondary N) is 1. The van der Waals surface area contributed by atoms with Crippen molar-refractivity contribution in [1.82, 2.24) is 5.32 Å². The smallest absolute Gasteiger partial charge is 0.0950 e. The number of unbranched alkanes of at least 4 members (excludes halogenated alkanes) is 1. The number of hydrogen-bond acceptors (Lipinski definition) is 2. The molecule has 1 N–H and O–H groups in total. The first kappa shape index (κ1) is 8.45. The van der Waals surface area contributed by atoms with Gasteiger partial charge in [0.15, 0.2) is 0 Å². The predicted molar refractivity (Wildman–Crippen MR) is 38.0 cm³/mol. The van der Waals surface area contributed by atoms with Gasteiger partial charge in [-0.1, -0.05) is 19.8 Å². The molecule has 2 nitrogen and oxygen atoms in total. The third kappa shape index (κ3) is 3.99. The molecule has 0 aromatic heterocycles. The second-order valence-corrected chi connectivity index (χ2v) is 2.11. The molecule has 1 unspecified atom stereocenters. The molecule has 0 saturated carbocycles. The molecule has 0 bridgehead atoms. The lowest BCUT2D eigenvalue weighted by molar-refractivity contribution is 0.587. The van der Waals surface area contributed by atoms with Crippen LogP contribution >= 0.6 is 0 Å².